The molecule has 1 atom stereocenters. The van der Waals surface area contributed by atoms with Crippen LogP contribution in [-0.2, 0) is 11.8 Å². The summed E-state index contributed by atoms with van der Waals surface area (Å²) < 4.78 is 0. The number of aromatic nitrogens is 3. The van der Waals surface area contributed by atoms with E-state index in [0.717, 1.165) is 0 Å². The van der Waals surface area contributed by atoms with Crippen LogP contribution in [0, 0.1) is 0 Å². The molecule has 0 aliphatic rings. The van der Waals surface area contributed by atoms with Gasteiger partial charge in [0.05, 0.1) is 11.9 Å². The lowest BCUT2D eigenvalue weighted by molar-refractivity contribution is -0.138. The predicted molar refractivity (Wildman–Crippen MR) is 45.2 cm³/mol. The quantitative estimate of drug-likeness (QED) is 0.649. The summed E-state index contributed by atoms with van der Waals surface area (Å²) in [6.07, 6.45) is 1.44. The summed E-state index contributed by atoms with van der Waals surface area (Å²) in [5, 5.41) is 16.4. The molecule has 0 fully saturated rings. The Kier molecular flexibility index (Phi) is 2.69. The normalized spacial score (nSPS) is 12.8. The molecule has 1 N–H and O–H groups in total. The van der Waals surface area contributed by atoms with Crippen LogP contribution in [-0.4, -0.2) is 31.8 Å². The minimum Gasteiger partial charge on any atom is -0.481 e. The summed E-state index contributed by atoms with van der Waals surface area (Å²) in [5.41, 5.74) is 0.444. The maximum absolute atomic E-state index is 10.6. The molecular weight excluding hydrogens is 178 g/mol. The largest absolute Gasteiger partial charge is 0.481 e. The van der Waals surface area contributed by atoms with Crippen molar-refractivity contribution in [2.75, 3.05) is 5.75 Å². The van der Waals surface area contributed by atoms with Crippen molar-refractivity contribution in [3.63, 3.8) is 0 Å². The Morgan fingerprint density at radius 3 is 2.92 bits per heavy atom. The van der Waals surface area contributed by atoms with Crippen molar-refractivity contribution in [2.45, 2.75) is 5.92 Å². The number of thiol groups is 1. The van der Waals surface area contributed by atoms with Gasteiger partial charge in [0.15, 0.2) is 0 Å². The van der Waals surface area contributed by atoms with Crippen LogP contribution in [0.1, 0.15) is 11.6 Å². The molecule has 0 aliphatic carbocycles. The van der Waals surface area contributed by atoms with Crippen LogP contribution < -0.4 is 0 Å². The van der Waals surface area contributed by atoms with Gasteiger partial charge < -0.3 is 5.11 Å². The third-order valence-electron chi connectivity index (χ3n) is 1.45. The van der Waals surface area contributed by atoms with Crippen LogP contribution in [0.25, 0.3) is 0 Å². The zero-order valence-corrected chi connectivity index (χ0v) is 7.40. The zero-order valence-electron chi connectivity index (χ0n) is 6.51. The summed E-state index contributed by atoms with van der Waals surface area (Å²) >= 11 is 3.92. The van der Waals surface area contributed by atoms with Crippen LogP contribution in [0.4, 0.5) is 0 Å². The number of hydrogen-bond acceptors (Lipinski definition) is 4. The number of hydrogen-bond donors (Lipinski definition) is 2. The fraction of sp³-hybridized carbons (Fsp3) is 0.500. The minimum atomic E-state index is -0.925. The molecule has 1 aromatic rings. The van der Waals surface area contributed by atoms with Gasteiger partial charge in [-0.1, -0.05) is 0 Å². The van der Waals surface area contributed by atoms with Crippen molar-refractivity contribution in [1.29, 1.82) is 0 Å². The molecule has 1 aromatic heterocycles. The van der Waals surface area contributed by atoms with Crippen molar-refractivity contribution >= 4 is 18.6 Å². The summed E-state index contributed by atoms with van der Waals surface area (Å²) in [6.45, 7) is 0. The molecule has 0 aliphatic heterocycles. The van der Waals surface area contributed by atoms with Gasteiger partial charge in [0.1, 0.15) is 5.92 Å². The fourth-order valence-corrected chi connectivity index (χ4v) is 1.16. The second-order valence-electron chi connectivity index (χ2n) is 2.33. The maximum Gasteiger partial charge on any atom is 0.313 e. The SMILES string of the molecule is Cn1ncc(C(CS)C(=O)O)n1. The molecule has 0 saturated heterocycles. The summed E-state index contributed by atoms with van der Waals surface area (Å²) in [5.74, 6) is -1.36. The van der Waals surface area contributed by atoms with E-state index in [1.165, 1.54) is 11.0 Å². The molecule has 0 aromatic carbocycles. The van der Waals surface area contributed by atoms with E-state index in [9.17, 15) is 4.79 Å². The molecule has 1 heterocycles. The summed E-state index contributed by atoms with van der Waals surface area (Å²) in [4.78, 5) is 11.9. The Bertz CT molecular complexity index is 286. The van der Waals surface area contributed by atoms with Gasteiger partial charge >= 0.3 is 5.97 Å². The third kappa shape index (κ3) is 1.76. The van der Waals surface area contributed by atoms with Gasteiger partial charge in [-0.3, -0.25) is 4.79 Å². The minimum absolute atomic E-state index is 0.230. The van der Waals surface area contributed by atoms with Gasteiger partial charge in [0.2, 0.25) is 0 Å². The Morgan fingerprint density at radius 1 is 1.92 bits per heavy atom. The number of rotatable bonds is 3. The fourth-order valence-electron chi connectivity index (χ4n) is 0.819. The highest BCUT2D eigenvalue weighted by Crippen LogP contribution is 2.13. The molecule has 0 bridgehead atoms. The molecule has 0 spiro atoms. The first-order valence-corrected chi connectivity index (χ1v) is 3.98. The second-order valence-corrected chi connectivity index (χ2v) is 2.70. The smallest absolute Gasteiger partial charge is 0.313 e. The lowest BCUT2D eigenvalue weighted by Crippen LogP contribution is -2.14. The van der Waals surface area contributed by atoms with Crippen molar-refractivity contribution < 1.29 is 9.90 Å². The molecule has 0 radical (unpaired) electrons. The van der Waals surface area contributed by atoms with E-state index < -0.39 is 11.9 Å². The summed E-state index contributed by atoms with van der Waals surface area (Å²) in [6, 6.07) is 0. The van der Waals surface area contributed by atoms with E-state index in [0.29, 0.717) is 5.69 Å². The van der Waals surface area contributed by atoms with Gasteiger partial charge in [0.25, 0.3) is 0 Å². The van der Waals surface area contributed by atoms with Crippen LogP contribution in [0.2, 0.25) is 0 Å². The number of carboxylic acid groups (broad SMARTS) is 1. The lowest BCUT2D eigenvalue weighted by Gasteiger charge is -2.02. The van der Waals surface area contributed by atoms with Crippen molar-refractivity contribution in [3.8, 4) is 0 Å². The van der Waals surface area contributed by atoms with Crippen LogP contribution in [0.15, 0.2) is 6.20 Å². The number of aliphatic carboxylic acids is 1. The molecule has 66 valence electrons. The van der Waals surface area contributed by atoms with Gasteiger partial charge in [0, 0.05) is 12.8 Å². The van der Waals surface area contributed by atoms with Gasteiger partial charge in [-0.15, -0.1) is 0 Å². The van der Waals surface area contributed by atoms with Gasteiger partial charge in [-0.05, 0) is 0 Å². The standard InChI is InChI=1S/C6H9N3O2S/c1-9-7-2-5(8-9)4(3-12)6(10)11/h2,4,12H,3H2,1H3,(H,10,11). The third-order valence-corrected chi connectivity index (χ3v) is 1.82. The average molecular weight is 187 g/mol. The van der Waals surface area contributed by atoms with Gasteiger partial charge in [-0.25, -0.2) is 0 Å². The highest BCUT2D eigenvalue weighted by atomic mass is 32.1. The Morgan fingerprint density at radius 2 is 2.58 bits per heavy atom. The van der Waals surface area contributed by atoms with Crippen LogP contribution in [0.5, 0.6) is 0 Å². The van der Waals surface area contributed by atoms with Crippen LogP contribution >= 0.6 is 12.6 Å². The average Bonchev–Trinajstić information content (AvgIpc) is 2.37. The molecule has 6 heteroatoms. The molecule has 0 saturated carbocycles. The van der Waals surface area contributed by atoms with E-state index in [2.05, 4.69) is 22.8 Å². The highest BCUT2D eigenvalue weighted by molar-refractivity contribution is 7.80. The Labute approximate surface area is 74.8 Å². The molecule has 1 unspecified atom stereocenters. The zero-order chi connectivity index (χ0) is 9.14. The summed E-state index contributed by atoms with van der Waals surface area (Å²) in [7, 11) is 1.64. The molecule has 5 nitrogen and oxygen atoms in total. The Hall–Kier alpha value is -1.04. The Balaban J connectivity index is 2.87. The monoisotopic (exact) mass is 187 g/mol. The molecule has 1 rings (SSSR count). The van der Waals surface area contributed by atoms with Crippen molar-refractivity contribution in [3.05, 3.63) is 11.9 Å². The first-order valence-electron chi connectivity index (χ1n) is 3.35. The van der Waals surface area contributed by atoms with Crippen molar-refractivity contribution in [1.82, 2.24) is 15.0 Å². The van der Waals surface area contributed by atoms with E-state index in [1.807, 2.05) is 0 Å². The number of carbonyl (C=O) groups is 1. The maximum atomic E-state index is 10.6. The molecule has 12 heavy (non-hydrogen) atoms. The highest BCUT2D eigenvalue weighted by Gasteiger charge is 2.20. The van der Waals surface area contributed by atoms with Gasteiger partial charge in [-0.2, -0.15) is 27.6 Å². The lowest BCUT2D eigenvalue weighted by atomic mass is 10.1. The van der Waals surface area contributed by atoms with E-state index >= 15 is 0 Å². The molecule has 0 amide bonds. The number of nitrogens with zero attached hydrogens (tertiary/aromatic N) is 3. The van der Waals surface area contributed by atoms with Crippen molar-refractivity contribution in [2.24, 2.45) is 7.05 Å². The first-order chi connectivity index (χ1) is 5.65. The van der Waals surface area contributed by atoms with Crippen LogP contribution in [0.3, 0.4) is 0 Å². The first kappa shape index (κ1) is 9.05. The second kappa shape index (κ2) is 3.57. The number of aryl methyl sites for hydroxylation is 1. The number of carboxylic acids is 1. The van der Waals surface area contributed by atoms with E-state index in [4.69, 9.17) is 5.11 Å². The van der Waals surface area contributed by atoms with E-state index in [-0.39, 0.29) is 5.75 Å². The predicted octanol–water partition coefficient (Wildman–Crippen LogP) is -0.0869. The van der Waals surface area contributed by atoms with E-state index in [1.54, 1.807) is 7.05 Å². The molecular formula is C6H9N3O2S. The topological polar surface area (TPSA) is 68.0 Å².